The Labute approximate surface area is 192 Å². The first-order valence-corrected chi connectivity index (χ1v) is 11.4. The van der Waals surface area contributed by atoms with E-state index in [1.54, 1.807) is 7.11 Å². The predicted molar refractivity (Wildman–Crippen MR) is 130 cm³/mol. The highest BCUT2D eigenvalue weighted by atomic mass is 127. The van der Waals surface area contributed by atoms with Crippen LogP contribution in [0, 0.1) is 0 Å². The van der Waals surface area contributed by atoms with E-state index < -0.39 is 15.6 Å². The molecule has 0 aromatic heterocycles. The van der Waals surface area contributed by atoms with Gasteiger partial charge < -0.3 is 19.9 Å². The van der Waals surface area contributed by atoms with Gasteiger partial charge in [0, 0.05) is 38.3 Å². The average Bonchev–Trinajstić information content (AvgIpc) is 2.63. The van der Waals surface area contributed by atoms with E-state index in [1.165, 1.54) is 6.26 Å². The molecule has 29 heavy (non-hydrogen) atoms. The maximum Gasteiger partial charge on any atom is 0.209 e. The van der Waals surface area contributed by atoms with E-state index >= 15 is 0 Å². The first kappa shape index (κ1) is 25.8. The summed E-state index contributed by atoms with van der Waals surface area (Å²) >= 11 is 0. The van der Waals surface area contributed by atoms with E-state index in [2.05, 4.69) is 30.9 Å². The summed E-state index contributed by atoms with van der Waals surface area (Å²) in [6.07, 6.45) is 1.17. The molecule has 1 fully saturated rings. The molecular weight excluding hydrogens is 505 g/mol. The summed E-state index contributed by atoms with van der Waals surface area (Å²) in [6, 6.07) is 8.05. The maximum atomic E-state index is 11.5. The van der Waals surface area contributed by atoms with Crippen LogP contribution in [0.2, 0.25) is 0 Å². The van der Waals surface area contributed by atoms with Gasteiger partial charge in [-0.1, -0.05) is 12.1 Å². The molecule has 0 radical (unpaired) electrons. The van der Waals surface area contributed by atoms with Crippen molar-refractivity contribution in [2.24, 2.45) is 4.99 Å². The maximum absolute atomic E-state index is 11.5. The summed E-state index contributed by atoms with van der Waals surface area (Å²) in [5.74, 6) is 1.69. The van der Waals surface area contributed by atoms with Gasteiger partial charge in [-0.25, -0.2) is 13.1 Å². The van der Waals surface area contributed by atoms with Crippen LogP contribution >= 0.6 is 24.0 Å². The van der Waals surface area contributed by atoms with E-state index in [1.807, 2.05) is 39.0 Å². The molecule has 2 rings (SSSR count). The van der Waals surface area contributed by atoms with Crippen LogP contribution in [0.4, 0.5) is 5.69 Å². The molecule has 1 saturated heterocycles. The SMILES string of the molecule is CCNC(=NCC(C)(C)NS(C)(=O)=O)N1CCN(c2ccccc2OC)CC1.I. The summed E-state index contributed by atoms with van der Waals surface area (Å²) in [5.41, 5.74) is 0.457. The number of nitrogens with zero attached hydrogens (tertiary/aromatic N) is 3. The fraction of sp³-hybridized carbons (Fsp3) is 0.632. The Kier molecular flexibility index (Phi) is 9.96. The second kappa shape index (κ2) is 11.2. The van der Waals surface area contributed by atoms with Gasteiger partial charge in [-0.3, -0.25) is 4.99 Å². The van der Waals surface area contributed by atoms with Crippen molar-refractivity contribution in [1.29, 1.82) is 0 Å². The van der Waals surface area contributed by atoms with Crippen LogP contribution in [0.3, 0.4) is 0 Å². The monoisotopic (exact) mass is 539 g/mol. The number of rotatable bonds is 7. The number of ether oxygens (including phenoxy) is 1. The van der Waals surface area contributed by atoms with Crippen LogP contribution in [0.5, 0.6) is 5.75 Å². The summed E-state index contributed by atoms with van der Waals surface area (Å²) in [4.78, 5) is 9.21. The minimum absolute atomic E-state index is 0. The molecule has 0 aliphatic carbocycles. The molecule has 8 nitrogen and oxygen atoms in total. The van der Waals surface area contributed by atoms with Crippen LogP contribution < -0.4 is 19.7 Å². The second-order valence-corrected chi connectivity index (χ2v) is 9.32. The van der Waals surface area contributed by atoms with Crippen LogP contribution in [-0.2, 0) is 10.0 Å². The molecule has 1 heterocycles. The van der Waals surface area contributed by atoms with Crippen LogP contribution in [-0.4, -0.2) is 77.5 Å². The number of aliphatic imine (C=N–C) groups is 1. The fourth-order valence-corrected chi connectivity index (χ4v) is 4.35. The van der Waals surface area contributed by atoms with Gasteiger partial charge in [-0.15, -0.1) is 24.0 Å². The van der Waals surface area contributed by atoms with Crippen molar-refractivity contribution >= 4 is 45.6 Å². The number of methoxy groups -OCH3 is 1. The third kappa shape index (κ3) is 8.17. The van der Waals surface area contributed by atoms with Gasteiger partial charge in [-0.2, -0.15) is 0 Å². The molecule has 1 aromatic carbocycles. The van der Waals surface area contributed by atoms with Gasteiger partial charge in [0.15, 0.2) is 5.96 Å². The Morgan fingerprint density at radius 2 is 1.83 bits per heavy atom. The molecule has 10 heteroatoms. The standard InChI is InChI=1S/C19H33N5O3S.HI/c1-6-20-18(21-15-19(2,3)22-28(5,25)26)24-13-11-23(12-14-24)16-9-7-8-10-17(16)27-4;/h7-10,22H,6,11-15H2,1-5H3,(H,20,21);1H. The number of anilines is 1. The quantitative estimate of drug-likeness (QED) is 0.312. The number of hydrogen-bond donors (Lipinski definition) is 2. The molecule has 1 aliphatic rings. The highest BCUT2D eigenvalue weighted by Gasteiger charge is 2.24. The van der Waals surface area contributed by atoms with E-state index in [9.17, 15) is 8.42 Å². The van der Waals surface area contributed by atoms with Crippen LogP contribution in [0.25, 0.3) is 0 Å². The van der Waals surface area contributed by atoms with Crippen molar-refractivity contribution in [2.75, 3.05) is 57.5 Å². The molecule has 0 atom stereocenters. The summed E-state index contributed by atoms with van der Waals surface area (Å²) < 4.78 is 31.2. The van der Waals surface area contributed by atoms with Gasteiger partial charge >= 0.3 is 0 Å². The lowest BCUT2D eigenvalue weighted by Crippen LogP contribution is -2.53. The lowest BCUT2D eigenvalue weighted by atomic mass is 10.1. The Morgan fingerprint density at radius 1 is 1.21 bits per heavy atom. The number of piperazine rings is 1. The molecular formula is C19H34IN5O3S. The largest absolute Gasteiger partial charge is 0.495 e. The minimum atomic E-state index is -3.28. The molecule has 0 amide bonds. The van der Waals surface area contributed by atoms with Crippen molar-refractivity contribution < 1.29 is 13.2 Å². The van der Waals surface area contributed by atoms with Crippen LogP contribution in [0.15, 0.2) is 29.3 Å². The van der Waals surface area contributed by atoms with Crippen molar-refractivity contribution in [3.05, 3.63) is 24.3 Å². The zero-order valence-corrected chi connectivity index (χ0v) is 21.1. The molecule has 0 saturated carbocycles. The second-order valence-electron chi connectivity index (χ2n) is 7.57. The number of benzene rings is 1. The van der Waals surface area contributed by atoms with Gasteiger partial charge in [0.05, 0.1) is 25.6 Å². The number of hydrogen-bond acceptors (Lipinski definition) is 5. The summed E-state index contributed by atoms with van der Waals surface area (Å²) in [7, 11) is -1.59. The smallest absolute Gasteiger partial charge is 0.209 e. The first-order valence-electron chi connectivity index (χ1n) is 9.55. The zero-order valence-electron chi connectivity index (χ0n) is 17.9. The Balaban J connectivity index is 0.00000420. The third-order valence-corrected chi connectivity index (χ3v) is 5.35. The Hall–Kier alpha value is -1.27. The minimum Gasteiger partial charge on any atom is -0.495 e. The van der Waals surface area contributed by atoms with Gasteiger partial charge in [0.2, 0.25) is 10.0 Å². The lowest BCUT2D eigenvalue weighted by molar-refractivity contribution is 0.364. The van der Waals surface area contributed by atoms with E-state index in [0.717, 1.165) is 50.1 Å². The molecule has 0 bridgehead atoms. The van der Waals surface area contributed by atoms with Gasteiger partial charge in [-0.05, 0) is 32.9 Å². The number of guanidine groups is 1. The fourth-order valence-electron chi connectivity index (χ4n) is 3.28. The molecule has 0 spiro atoms. The average molecular weight is 539 g/mol. The summed E-state index contributed by atoms with van der Waals surface area (Å²) in [5, 5.41) is 3.32. The zero-order chi connectivity index (χ0) is 20.8. The highest BCUT2D eigenvalue weighted by molar-refractivity contribution is 14.0. The molecule has 2 N–H and O–H groups in total. The van der Waals surface area contributed by atoms with E-state index in [-0.39, 0.29) is 24.0 Å². The number of para-hydroxylation sites is 2. The van der Waals surface area contributed by atoms with Gasteiger partial charge in [0.1, 0.15) is 5.75 Å². The predicted octanol–water partition coefficient (Wildman–Crippen LogP) is 1.73. The number of nitrogens with one attached hydrogen (secondary N) is 2. The highest BCUT2D eigenvalue weighted by Crippen LogP contribution is 2.28. The topological polar surface area (TPSA) is 86.3 Å². The van der Waals surface area contributed by atoms with Crippen LogP contribution in [0.1, 0.15) is 20.8 Å². The Morgan fingerprint density at radius 3 is 2.38 bits per heavy atom. The number of halogens is 1. The molecule has 0 unspecified atom stereocenters. The van der Waals surface area contributed by atoms with Gasteiger partial charge in [0.25, 0.3) is 0 Å². The number of sulfonamides is 1. The van der Waals surface area contributed by atoms with Crippen molar-refractivity contribution in [3.8, 4) is 5.75 Å². The summed E-state index contributed by atoms with van der Waals surface area (Å²) in [6.45, 7) is 10.2. The molecule has 1 aliphatic heterocycles. The third-order valence-electron chi connectivity index (χ3n) is 4.43. The molecule has 1 aromatic rings. The Bertz CT molecular complexity index is 778. The van der Waals surface area contributed by atoms with Crippen molar-refractivity contribution in [3.63, 3.8) is 0 Å². The first-order chi connectivity index (χ1) is 13.1. The van der Waals surface area contributed by atoms with E-state index in [0.29, 0.717) is 6.54 Å². The van der Waals surface area contributed by atoms with Crippen molar-refractivity contribution in [1.82, 2.24) is 14.9 Å². The van der Waals surface area contributed by atoms with E-state index in [4.69, 9.17) is 4.74 Å². The normalized spacial score (nSPS) is 15.7. The molecule has 166 valence electrons. The lowest BCUT2D eigenvalue weighted by Gasteiger charge is -2.38. The van der Waals surface area contributed by atoms with Crippen molar-refractivity contribution in [2.45, 2.75) is 26.3 Å².